The molecule has 5 heteroatoms. The summed E-state index contributed by atoms with van der Waals surface area (Å²) in [6.45, 7) is 2.70. The first-order valence-electron chi connectivity index (χ1n) is 7.17. The topological polar surface area (TPSA) is 37.9 Å². The Morgan fingerprint density at radius 1 is 1.38 bits per heavy atom. The molecule has 1 aromatic heterocycles. The number of hydrogen-bond acceptors (Lipinski definition) is 3. The van der Waals surface area contributed by atoms with Crippen LogP contribution in [-0.4, -0.2) is 16.6 Å². The average molecular weight is 365 g/mol. The Morgan fingerprint density at radius 2 is 2.10 bits per heavy atom. The van der Waals surface area contributed by atoms with E-state index in [4.69, 9.17) is 17.0 Å². The fourth-order valence-electron chi connectivity index (χ4n) is 2.43. The predicted molar refractivity (Wildman–Crippen MR) is 89.6 cm³/mol. The average Bonchev–Trinajstić information content (AvgIpc) is 3.33. The van der Waals surface area contributed by atoms with E-state index in [1.807, 2.05) is 25.1 Å². The van der Waals surface area contributed by atoms with Crippen molar-refractivity contribution in [1.82, 2.24) is 9.97 Å². The normalized spacial score (nSPS) is 15.9. The molecule has 1 aromatic carbocycles. The van der Waals surface area contributed by atoms with Gasteiger partial charge in [-0.05, 0) is 47.2 Å². The number of hydrogen-bond donors (Lipinski definition) is 1. The summed E-state index contributed by atoms with van der Waals surface area (Å²) in [7, 11) is 0. The summed E-state index contributed by atoms with van der Waals surface area (Å²) >= 11 is 8.96. The van der Waals surface area contributed by atoms with Crippen LogP contribution in [0.15, 0.2) is 34.8 Å². The summed E-state index contributed by atoms with van der Waals surface area (Å²) in [5.74, 6) is 1.40. The summed E-state index contributed by atoms with van der Waals surface area (Å²) in [6, 6.07) is 10.1. The summed E-state index contributed by atoms with van der Waals surface area (Å²) in [4.78, 5) is 7.95. The third-order valence-electron chi connectivity index (χ3n) is 3.61. The first-order chi connectivity index (χ1) is 10.2. The van der Waals surface area contributed by atoms with Crippen LogP contribution in [0.25, 0.3) is 11.3 Å². The maximum Gasteiger partial charge on any atom is 0.144 e. The van der Waals surface area contributed by atoms with E-state index in [0.29, 0.717) is 17.2 Å². The van der Waals surface area contributed by atoms with Crippen molar-refractivity contribution in [2.75, 3.05) is 6.61 Å². The third-order valence-corrected chi connectivity index (χ3v) is 4.94. The number of H-pyrrole nitrogens is 1. The Kier molecular flexibility index (Phi) is 4.52. The molecule has 1 unspecified atom stereocenters. The molecule has 21 heavy (non-hydrogen) atoms. The lowest BCUT2D eigenvalue weighted by Gasteiger charge is -2.17. The number of aromatic nitrogens is 2. The minimum atomic E-state index is 0.0206. The third kappa shape index (κ3) is 3.25. The standard InChI is InChI=1S/C16H17BrN2OS/c1-2-20-14(11-8-9-11)15-18-13(12(17)16(21)19-15)10-6-4-3-5-7-10/h3-7,11,14H,2,8-9H2,1H3,(H,18,19,21). The Balaban J connectivity index is 2.07. The van der Waals surface area contributed by atoms with E-state index in [9.17, 15) is 0 Å². The lowest BCUT2D eigenvalue weighted by Crippen LogP contribution is -2.12. The highest BCUT2D eigenvalue weighted by atomic mass is 79.9. The Morgan fingerprint density at radius 3 is 2.71 bits per heavy atom. The highest BCUT2D eigenvalue weighted by molar-refractivity contribution is 9.10. The summed E-state index contributed by atoms with van der Waals surface area (Å²) in [5.41, 5.74) is 2.06. The highest BCUT2D eigenvalue weighted by Gasteiger charge is 2.34. The van der Waals surface area contributed by atoms with Crippen molar-refractivity contribution in [3.63, 3.8) is 0 Å². The second-order valence-electron chi connectivity index (χ2n) is 5.20. The molecule has 0 radical (unpaired) electrons. The van der Waals surface area contributed by atoms with E-state index in [1.165, 1.54) is 12.8 Å². The van der Waals surface area contributed by atoms with Crippen molar-refractivity contribution in [2.24, 2.45) is 5.92 Å². The molecule has 1 saturated carbocycles. The van der Waals surface area contributed by atoms with Gasteiger partial charge < -0.3 is 9.72 Å². The van der Waals surface area contributed by atoms with E-state index >= 15 is 0 Å². The van der Waals surface area contributed by atoms with Gasteiger partial charge in [-0.15, -0.1) is 0 Å². The van der Waals surface area contributed by atoms with E-state index < -0.39 is 0 Å². The number of halogens is 1. The second-order valence-corrected chi connectivity index (χ2v) is 6.38. The second kappa shape index (κ2) is 6.38. The molecule has 110 valence electrons. The minimum Gasteiger partial charge on any atom is -0.370 e. The quantitative estimate of drug-likeness (QED) is 0.753. The van der Waals surface area contributed by atoms with Gasteiger partial charge in [0.05, 0.1) is 10.2 Å². The molecular weight excluding hydrogens is 348 g/mol. The molecule has 1 fully saturated rings. The molecule has 1 atom stereocenters. The van der Waals surface area contributed by atoms with Gasteiger partial charge in [0, 0.05) is 6.61 Å². The van der Waals surface area contributed by atoms with Gasteiger partial charge in [-0.2, -0.15) is 0 Å². The molecule has 0 spiro atoms. The number of rotatable bonds is 5. The molecular formula is C16H17BrN2OS. The predicted octanol–water partition coefficient (Wildman–Crippen LogP) is 5.06. The Labute approximate surface area is 137 Å². The molecule has 1 N–H and O–H groups in total. The number of benzene rings is 1. The zero-order valence-electron chi connectivity index (χ0n) is 11.8. The lowest BCUT2D eigenvalue weighted by molar-refractivity contribution is 0.0400. The van der Waals surface area contributed by atoms with Crippen molar-refractivity contribution in [1.29, 1.82) is 0 Å². The van der Waals surface area contributed by atoms with Gasteiger partial charge in [0.15, 0.2) is 0 Å². The zero-order valence-corrected chi connectivity index (χ0v) is 14.2. The molecule has 1 aliphatic rings. The summed E-state index contributed by atoms with van der Waals surface area (Å²) < 4.78 is 7.29. The smallest absolute Gasteiger partial charge is 0.144 e. The number of ether oxygens (including phenoxy) is 1. The van der Waals surface area contributed by atoms with Crippen LogP contribution in [0.4, 0.5) is 0 Å². The van der Waals surface area contributed by atoms with Gasteiger partial charge >= 0.3 is 0 Å². The van der Waals surface area contributed by atoms with Gasteiger partial charge in [-0.3, -0.25) is 0 Å². The lowest BCUT2D eigenvalue weighted by atomic mass is 10.1. The molecule has 1 aliphatic carbocycles. The molecule has 2 aromatic rings. The molecule has 1 heterocycles. The highest BCUT2D eigenvalue weighted by Crippen LogP contribution is 2.43. The number of aromatic amines is 1. The number of nitrogens with zero attached hydrogens (tertiary/aromatic N) is 1. The Bertz CT molecular complexity index is 682. The van der Waals surface area contributed by atoms with Crippen molar-refractivity contribution in [2.45, 2.75) is 25.9 Å². The van der Waals surface area contributed by atoms with Crippen LogP contribution in [0.2, 0.25) is 0 Å². The van der Waals surface area contributed by atoms with Gasteiger partial charge in [-0.25, -0.2) is 4.98 Å². The molecule has 0 amide bonds. The van der Waals surface area contributed by atoms with Crippen molar-refractivity contribution >= 4 is 28.1 Å². The van der Waals surface area contributed by atoms with E-state index in [-0.39, 0.29) is 6.10 Å². The van der Waals surface area contributed by atoms with Crippen LogP contribution in [0, 0.1) is 10.6 Å². The first kappa shape index (κ1) is 14.9. The fraction of sp³-hybridized carbons (Fsp3) is 0.375. The van der Waals surface area contributed by atoms with E-state index in [1.54, 1.807) is 0 Å². The van der Waals surface area contributed by atoms with Gasteiger partial charge in [-0.1, -0.05) is 42.5 Å². The van der Waals surface area contributed by atoms with Gasteiger partial charge in [0.2, 0.25) is 0 Å². The number of nitrogens with one attached hydrogen (secondary N) is 1. The van der Waals surface area contributed by atoms with Crippen LogP contribution in [0.5, 0.6) is 0 Å². The van der Waals surface area contributed by atoms with Gasteiger partial charge in [0.25, 0.3) is 0 Å². The van der Waals surface area contributed by atoms with E-state index in [2.05, 4.69) is 38.0 Å². The molecule has 3 rings (SSSR count). The molecule has 0 aliphatic heterocycles. The van der Waals surface area contributed by atoms with E-state index in [0.717, 1.165) is 21.6 Å². The molecule has 0 saturated heterocycles. The fourth-order valence-corrected chi connectivity index (χ4v) is 3.05. The molecule has 0 bridgehead atoms. The maximum absolute atomic E-state index is 5.88. The zero-order chi connectivity index (χ0) is 14.8. The molecule has 3 nitrogen and oxygen atoms in total. The van der Waals surface area contributed by atoms with Gasteiger partial charge in [0.1, 0.15) is 16.6 Å². The van der Waals surface area contributed by atoms with Crippen LogP contribution >= 0.6 is 28.1 Å². The maximum atomic E-state index is 5.88. The summed E-state index contributed by atoms with van der Waals surface area (Å²) in [5, 5.41) is 0. The monoisotopic (exact) mass is 364 g/mol. The van der Waals surface area contributed by atoms with Crippen LogP contribution in [-0.2, 0) is 4.74 Å². The van der Waals surface area contributed by atoms with Crippen molar-refractivity contribution in [3.05, 3.63) is 45.3 Å². The van der Waals surface area contributed by atoms with Crippen LogP contribution in [0.1, 0.15) is 31.7 Å². The van der Waals surface area contributed by atoms with Crippen molar-refractivity contribution < 1.29 is 4.74 Å². The van der Waals surface area contributed by atoms with Crippen molar-refractivity contribution in [3.8, 4) is 11.3 Å². The first-order valence-corrected chi connectivity index (χ1v) is 8.37. The van der Waals surface area contributed by atoms with Crippen LogP contribution in [0.3, 0.4) is 0 Å². The summed E-state index contributed by atoms with van der Waals surface area (Å²) in [6.07, 6.45) is 2.42. The SMILES string of the molecule is CCOC(c1nc(=S)c(Br)c(-c2ccccc2)[nH]1)C1CC1. The largest absolute Gasteiger partial charge is 0.370 e. The minimum absolute atomic E-state index is 0.0206. The van der Waals surface area contributed by atoms with Crippen LogP contribution < -0.4 is 0 Å². The Hall–Kier alpha value is -1.04.